The van der Waals surface area contributed by atoms with E-state index in [2.05, 4.69) is 4.72 Å². The maximum absolute atomic E-state index is 12.6. The van der Waals surface area contributed by atoms with Gasteiger partial charge in [0.1, 0.15) is 0 Å². The molecule has 0 saturated carbocycles. The van der Waals surface area contributed by atoms with Crippen molar-refractivity contribution < 1.29 is 21.6 Å². The van der Waals surface area contributed by atoms with Gasteiger partial charge >= 0.3 is 6.18 Å². The lowest BCUT2D eigenvalue weighted by Crippen LogP contribution is -2.14. The van der Waals surface area contributed by atoms with Gasteiger partial charge in [0, 0.05) is 0 Å². The molecule has 0 spiro atoms. The molecule has 0 amide bonds. The number of anilines is 1. The number of benzene rings is 2. The third kappa shape index (κ3) is 3.85. The minimum absolute atomic E-state index is 0.0896. The first-order chi connectivity index (χ1) is 10.1. The summed E-state index contributed by atoms with van der Waals surface area (Å²) in [6.45, 7) is 0. The summed E-state index contributed by atoms with van der Waals surface area (Å²) in [5.41, 5.74) is -0.962. The Morgan fingerprint density at radius 3 is 2.23 bits per heavy atom. The Bertz CT molecular complexity index is 807. The summed E-state index contributed by atoms with van der Waals surface area (Å²) >= 11 is 11.5. The number of nitrogens with one attached hydrogen (secondary N) is 1. The fraction of sp³-hybridized carbons (Fsp3) is 0.0769. The van der Waals surface area contributed by atoms with Crippen molar-refractivity contribution >= 4 is 38.9 Å². The zero-order chi connectivity index (χ0) is 16.5. The molecule has 0 aromatic heterocycles. The van der Waals surface area contributed by atoms with Crippen LogP contribution in [-0.2, 0) is 16.2 Å². The van der Waals surface area contributed by atoms with Gasteiger partial charge in [-0.25, -0.2) is 8.42 Å². The van der Waals surface area contributed by atoms with Crippen LogP contribution < -0.4 is 4.72 Å². The molecule has 0 radical (unpaired) electrons. The fourth-order valence-corrected chi connectivity index (χ4v) is 3.01. The zero-order valence-electron chi connectivity index (χ0n) is 10.7. The van der Waals surface area contributed by atoms with Crippen molar-refractivity contribution in [3.8, 4) is 0 Å². The van der Waals surface area contributed by atoms with Crippen LogP contribution in [0.5, 0.6) is 0 Å². The van der Waals surface area contributed by atoms with E-state index in [1.807, 2.05) is 0 Å². The van der Waals surface area contributed by atoms with E-state index in [1.165, 1.54) is 18.2 Å². The van der Waals surface area contributed by atoms with E-state index in [9.17, 15) is 21.6 Å². The monoisotopic (exact) mass is 369 g/mol. The summed E-state index contributed by atoms with van der Waals surface area (Å²) in [4.78, 5) is -0.506. The molecule has 3 nitrogen and oxygen atoms in total. The minimum atomic E-state index is -4.63. The first kappa shape index (κ1) is 16.9. The molecule has 0 unspecified atom stereocenters. The van der Waals surface area contributed by atoms with Crippen LogP contribution in [0.2, 0.25) is 10.0 Å². The molecule has 2 rings (SSSR count). The van der Waals surface area contributed by atoms with E-state index in [-0.39, 0.29) is 15.7 Å². The normalized spacial score (nSPS) is 12.2. The summed E-state index contributed by atoms with van der Waals surface area (Å²) < 4.78 is 64.3. The average molecular weight is 370 g/mol. The largest absolute Gasteiger partial charge is 0.416 e. The Kier molecular flexibility index (Phi) is 4.60. The highest BCUT2D eigenvalue weighted by molar-refractivity contribution is 7.92. The Balaban J connectivity index is 2.36. The molecule has 0 atom stereocenters. The lowest BCUT2D eigenvalue weighted by Gasteiger charge is -2.11. The summed E-state index contributed by atoms with van der Waals surface area (Å²) in [5.74, 6) is 0. The molecule has 1 N–H and O–H groups in total. The number of sulfonamides is 1. The third-order valence-electron chi connectivity index (χ3n) is 2.64. The molecule has 9 heteroatoms. The molecule has 22 heavy (non-hydrogen) atoms. The van der Waals surface area contributed by atoms with Crippen molar-refractivity contribution in [2.24, 2.45) is 0 Å². The molecule has 2 aromatic carbocycles. The predicted octanol–water partition coefficient (Wildman–Crippen LogP) is 4.81. The Morgan fingerprint density at radius 2 is 1.64 bits per heavy atom. The van der Waals surface area contributed by atoms with Crippen LogP contribution >= 0.6 is 23.2 Å². The van der Waals surface area contributed by atoms with Crippen molar-refractivity contribution in [3.63, 3.8) is 0 Å². The molecule has 0 fully saturated rings. The SMILES string of the molecule is O=S(=O)(Nc1ccc(Cl)c(Cl)c1)c1cccc(C(F)(F)F)c1. The summed E-state index contributed by atoms with van der Waals surface area (Å²) in [6, 6.07) is 7.40. The molecule has 0 bridgehead atoms. The topological polar surface area (TPSA) is 46.2 Å². The molecule has 0 saturated heterocycles. The van der Waals surface area contributed by atoms with Gasteiger partial charge in [0.05, 0.1) is 26.2 Å². The summed E-state index contributed by atoms with van der Waals surface area (Å²) in [6.07, 6.45) is -4.63. The van der Waals surface area contributed by atoms with Crippen LogP contribution in [0.4, 0.5) is 18.9 Å². The standard InChI is InChI=1S/C13H8Cl2F3NO2S/c14-11-5-4-9(7-12(11)15)19-22(20,21)10-3-1-2-8(6-10)13(16,17)18/h1-7,19H. The van der Waals surface area contributed by atoms with Gasteiger partial charge in [0.15, 0.2) is 0 Å². The maximum Gasteiger partial charge on any atom is 0.416 e. The number of hydrogen-bond acceptors (Lipinski definition) is 2. The van der Waals surface area contributed by atoms with Crippen molar-refractivity contribution in [1.82, 2.24) is 0 Å². The molecular formula is C13H8Cl2F3NO2S. The van der Waals surface area contributed by atoms with Gasteiger partial charge in [-0.1, -0.05) is 29.3 Å². The molecule has 118 valence electrons. The summed E-state index contributed by atoms with van der Waals surface area (Å²) in [7, 11) is -4.18. The second-order valence-electron chi connectivity index (χ2n) is 4.26. The summed E-state index contributed by atoms with van der Waals surface area (Å²) in [5, 5.41) is 0.342. The van der Waals surface area contributed by atoms with E-state index < -0.39 is 26.7 Å². The van der Waals surface area contributed by atoms with E-state index >= 15 is 0 Å². The van der Waals surface area contributed by atoms with Crippen LogP contribution in [0, 0.1) is 0 Å². The smallest absolute Gasteiger partial charge is 0.280 e. The first-order valence-corrected chi connectivity index (χ1v) is 7.98. The van der Waals surface area contributed by atoms with Gasteiger partial charge in [-0.05, 0) is 36.4 Å². The van der Waals surface area contributed by atoms with Crippen LogP contribution in [0.25, 0.3) is 0 Å². The van der Waals surface area contributed by atoms with Gasteiger partial charge in [-0.3, -0.25) is 4.72 Å². The third-order valence-corrected chi connectivity index (χ3v) is 4.76. The van der Waals surface area contributed by atoms with Crippen LogP contribution in [0.1, 0.15) is 5.56 Å². The number of rotatable bonds is 3. The van der Waals surface area contributed by atoms with E-state index in [1.54, 1.807) is 0 Å². The van der Waals surface area contributed by atoms with Gasteiger partial charge in [-0.2, -0.15) is 13.2 Å². The Morgan fingerprint density at radius 1 is 0.955 bits per heavy atom. The van der Waals surface area contributed by atoms with E-state index in [4.69, 9.17) is 23.2 Å². The van der Waals surface area contributed by atoms with E-state index in [0.717, 1.165) is 18.2 Å². The Hall–Kier alpha value is -1.44. The quantitative estimate of drug-likeness (QED) is 0.843. The lowest BCUT2D eigenvalue weighted by atomic mass is 10.2. The number of alkyl halides is 3. The Labute approximate surface area is 134 Å². The van der Waals surface area contributed by atoms with Gasteiger partial charge in [0.2, 0.25) is 0 Å². The number of halogens is 5. The van der Waals surface area contributed by atoms with Crippen LogP contribution in [-0.4, -0.2) is 8.42 Å². The number of hydrogen-bond donors (Lipinski definition) is 1. The fourth-order valence-electron chi connectivity index (χ4n) is 1.61. The molecular weight excluding hydrogens is 362 g/mol. The van der Waals surface area contributed by atoms with Crippen molar-refractivity contribution in [2.75, 3.05) is 4.72 Å². The van der Waals surface area contributed by atoms with Gasteiger partial charge in [-0.15, -0.1) is 0 Å². The average Bonchev–Trinajstić information content (AvgIpc) is 2.42. The molecule has 0 aliphatic rings. The van der Waals surface area contributed by atoms with Crippen LogP contribution in [0.3, 0.4) is 0 Å². The highest BCUT2D eigenvalue weighted by Gasteiger charge is 2.31. The highest BCUT2D eigenvalue weighted by atomic mass is 35.5. The molecule has 0 heterocycles. The predicted molar refractivity (Wildman–Crippen MR) is 78.7 cm³/mol. The van der Waals surface area contributed by atoms with Crippen molar-refractivity contribution in [2.45, 2.75) is 11.1 Å². The van der Waals surface area contributed by atoms with Crippen molar-refractivity contribution in [1.29, 1.82) is 0 Å². The molecule has 2 aromatic rings. The first-order valence-electron chi connectivity index (χ1n) is 5.75. The molecule has 0 aliphatic carbocycles. The van der Waals surface area contributed by atoms with Gasteiger partial charge < -0.3 is 0 Å². The maximum atomic E-state index is 12.6. The second-order valence-corrected chi connectivity index (χ2v) is 6.76. The minimum Gasteiger partial charge on any atom is -0.280 e. The second kappa shape index (κ2) is 5.98. The zero-order valence-corrected chi connectivity index (χ0v) is 13.0. The van der Waals surface area contributed by atoms with Crippen LogP contribution in [0.15, 0.2) is 47.4 Å². The van der Waals surface area contributed by atoms with Gasteiger partial charge in [0.25, 0.3) is 10.0 Å². The van der Waals surface area contributed by atoms with E-state index in [0.29, 0.717) is 6.07 Å². The van der Waals surface area contributed by atoms with Crippen molar-refractivity contribution in [3.05, 3.63) is 58.1 Å². The lowest BCUT2D eigenvalue weighted by molar-refractivity contribution is -0.137. The molecule has 0 aliphatic heterocycles. The highest BCUT2D eigenvalue weighted by Crippen LogP contribution is 2.31.